The summed E-state index contributed by atoms with van der Waals surface area (Å²) >= 11 is 0. The van der Waals surface area contributed by atoms with E-state index in [2.05, 4.69) is 5.32 Å². The topological polar surface area (TPSA) is 78.9 Å². The van der Waals surface area contributed by atoms with E-state index in [0.717, 1.165) is 4.90 Å². The number of ether oxygens (including phenoxy) is 1. The van der Waals surface area contributed by atoms with Crippen molar-refractivity contribution < 1.29 is 19.4 Å². The molecule has 14 heavy (non-hydrogen) atoms. The van der Waals surface area contributed by atoms with E-state index in [1.165, 1.54) is 0 Å². The van der Waals surface area contributed by atoms with Gasteiger partial charge in [-0.05, 0) is 0 Å². The normalized spacial score (nSPS) is 32.5. The van der Waals surface area contributed by atoms with E-state index >= 15 is 0 Å². The van der Waals surface area contributed by atoms with Gasteiger partial charge >= 0.3 is 6.03 Å². The molecule has 2 N–H and O–H groups in total. The highest BCUT2D eigenvalue weighted by molar-refractivity contribution is 6.02. The van der Waals surface area contributed by atoms with Gasteiger partial charge in [0.05, 0.1) is 19.7 Å². The van der Waals surface area contributed by atoms with E-state index in [4.69, 9.17) is 4.74 Å². The van der Waals surface area contributed by atoms with Gasteiger partial charge in [0.2, 0.25) is 5.91 Å². The molecule has 78 valence electrons. The van der Waals surface area contributed by atoms with Crippen molar-refractivity contribution >= 4 is 11.9 Å². The van der Waals surface area contributed by atoms with Crippen molar-refractivity contribution in [3.63, 3.8) is 0 Å². The molecule has 0 spiro atoms. The fourth-order valence-corrected chi connectivity index (χ4v) is 1.63. The van der Waals surface area contributed by atoms with E-state index in [1.54, 1.807) is 0 Å². The average molecular weight is 200 g/mol. The zero-order valence-corrected chi connectivity index (χ0v) is 7.65. The lowest BCUT2D eigenvalue weighted by Gasteiger charge is -2.24. The predicted molar refractivity (Wildman–Crippen MR) is 45.5 cm³/mol. The Bertz CT molecular complexity index is 257. The van der Waals surface area contributed by atoms with E-state index in [-0.39, 0.29) is 25.6 Å². The minimum absolute atomic E-state index is 0.0236. The standard InChI is InChI=1S/C8H12N2O4/c11-6-3-9-7(12)10(6)4-8(13)1-2-14-5-8/h13H,1-5H2,(H,9,12). The third-order valence-corrected chi connectivity index (χ3v) is 2.47. The summed E-state index contributed by atoms with van der Waals surface area (Å²) < 4.78 is 5.02. The van der Waals surface area contributed by atoms with Crippen LogP contribution in [-0.2, 0) is 9.53 Å². The number of hydrogen-bond acceptors (Lipinski definition) is 4. The summed E-state index contributed by atoms with van der Waals surface area (Å²) in [6, 6.07) is -0.435. The van der Waals surface area contributed by atoms with Gasteiger partial charge in [-0.1, -0.05) is 0 Å². The van der Waals surface area contributed by atoms with Gasteiger partial charge in [0.15, 0.2) is 0 Å². The van der Waals surface area contributed by atoms with Crippen molar-refractivity contribution in [3.8, 4) is 0 Å². The van der Waals surface area contributed by atoms with Gasteiger partial charge in [-0.3, -0.25) is 9.69 Å². The number of amides is 3. The molecule has 2 heterocycles. The first-order valence-electron chi connectivity index (χ1n) is 4.49. The molecule has 2 aliphatic heterocycles. The summed E-state index contributed by atoms with van der Waals surface area (Å²) in [7, 11) is 0. The van der Waals surface area contributed by atoms with E-state index in [9.17, 15) is 14.7 Å². The summed E-state index contributed by atoms with van der Waals surface area (Å²) in [6.45, 7) is 0.706. The van der Waals surface area contributed by atoms with Crippen molar-refractivity contribution in [1.82, 2.24) is 10.2 Å². The summed E-state index contributed by atoms with van der Waals surface area (Å²) in [5, 5.41) is 12.3. The molecule has 0 aromatic heterocycles. The van der Waals surface area contributed by atoms with E-state index in [0.29, 0.717) is 13.0 Å². The molecule has 2 aliphatic rings. The second-order valence-corrected chi connectivity index (χ2v) is 3.67. The molecule has 3 amide bonds. The second-order valence-electron chi connectivity index (χ2n) is 3.67. The minimum atomic E-state index is -1.06. The molecule has 2 saturated heterocycles. The van der Waals surface area contributed by atoms with Gasteiger partial charge < -0.3 is 15.2 Å². The molecular formula is C8H12N2O4. The monoisotopic (exact) mass is 200 g/mol. The summed E-state index contributed by atoms with van der Waals surface area (Å²) in [6.07, 6.45) is 0.462. The average Bonchev–Trinajstić information content (AvgIpc) is 2.68. The number of aliphatic hydroxyl groups is 1. The Morgan fingerprint density at radius 2 is 2.36 bits per heavy atom. The molecule has 1 atom stereocenters. The van der Waals surface area contributed by atoms with Gasteiger partial charge in [-0.15, -0.1) is 0 Å². The highest BCUT2D eigenvalue weighted by Gasteiger charge is 2.39. The predicted octanol–water partition coefficient (Wildman–Crippen LogP) is -1.31. The highest BCUT2D eigenvalue weighted by atomic mass is 16.5. The van der Waals surface area contributed by atoms with Crippen LogP contribution in [0.5, 0.6) is 0 Å². The first-order chi connectivity index (χ1) is 6.61. The molecule has 0 bridgehead atoms. The van der Waals surface area contributed by atoms with Gasteiger partial charge in [0.1, 0.15) is 5.60 Å². The molecule has 6 heteroatoms. The molecule has 2 rings (SSSR count). The Labute approximate surface area is 80.8 Å². The van der Waals surface area contributed by atoms with Gasteiger partial charge in [-0.2, -0.15) is 0 Å². The van der Waals surface area contributed by atoms with Crippen LogP contribution in [0.1, 0.15) is 6.42 Å². The molecule has 0 saturated carbocycles. The van der Waals surface area contributed by atoms with Crippen molar-refractivity contribution in [2.75, 3.05) is 26.3 Å². The Hall–Kier alpha value is -1.14. The van der Waals surface area contributed by atoms with Crippen molar-refractivity contribution in [2.24, 2.45) is 0 Å². The third-order valence-electron chi connectivity index (χ3n) is 2.47. The second kappa shape index (κ2) is 3.21. The number of nitrogens with zero attached hydrogens (tertiary/aromatic N) is 1. The lowest BCUT2D eigenvalue weighted by atomic mass is 10.0. The SMILES string of the molecule is O=C1CNC(=O)N1CC1(O)CCOC1. The van der Waals surface area contributed by atoms with Crippen molar-refractivity contribution in [2.45, 2.75) is 12.0 Å². The molecule has 0 aliphatic carbocycles. The van der Waals surface area contributed by atoms with E-state index < -0.39 is 11.6 Å². The Kier molecular flexibility index (Phi) is 2.16. The van der Waals surface area contributed by atoms with Crippen LogP contribution in [0.4, 0.5) is 4.79 Å². The van der Waals surface area contributed by atoms with Crippen molar-refractivity contribution in [1.29, 1.82) is 0 Å². The van der Waals surface area contributed by atoms with Crippen LogP contribution in [0, 0.1) is 0 Å². The van der Waals surface area contributed by atoms with Crippen LogP contribution < -0.4 is 5.32 Å². The summed E-state index contributed by atoms with van der Waals surface area (Å²) in [5.74, 6) is -0.296. The minimum Gasteiger partial charge on any atom is -0.386 e. The molecule has 6 nitrogen and oxygen atoms in total. The summed E-state index contributed by atoms with van der Waals surface area (Å²) in [4.78, 5) is 23.4. The number of rotatable bonds is 2. The zero-order chi connectivity index (χ0) is 10.2. The Morgan fingerprint density at radius 1 is 1.57 bits per heavy atom. The highest BCUT2D eigenvalue weighted by Crippen LogP contribution is 2.20. The van der Waals surface area contributed by atoms with Crippen LogP contribution in [0.3, 0.4) is 0 Å². The Morgan fingerprint density at radius 3 is 2.86 bits per heavy atom. The van der Waals surface area contributed by atoms with Gasteiger partial charge in [0.25, 0.3) is 0 Å². The zero-order valence-electron chi connectivity index (χ0n) is 7.65. The number of carbonyl (C=O) groups is 2. The molecule has 1 unspecified atom stereocenters. The van der Waals surface area contributed by atoms with Crippen LogP contribution >= 0.6 is 0 Å². The fraction of sp³-hybridized carbons (Fsp3) is 0.750. The van der Waals surface area contributed by atoms with Crippen LogP contribution in [0.2, 0.25) is 0 Å². The van der Waals surface area contributed by atoms with Crippen molar-refractivity contribution in [3.05, 3.63) is 0 Å². The number of nitrogens with one attached hydrogen (secondary N) is 1. The van der Waals surface area contributed by atoms with E-state index in [1.807, 2.05) is 0 Å². The smallest absolute Gasteiger partial charge is 0.324 e. The molecule has 0 aromatic carbocycles. The quantitative estimate of drug-likeness (QED) is 0.542. The maximum absolute atomic E-state index is 11.2. The van der Waals surface area contributed by atoms with Crippen LogP contribution in [0.15, 0.2) is 0 Å². The number of β-amino-alcohol motifs (C(OH)–C–C–N with tert-alkyl or cyclic N) is 1. The molecule has 0 radical (unpaired) electrons. The lowest BCUT2D eigenvalue weighted by Crippen LogP contribution is -2.46. The number of carbonyl (C=O) groups excluding carboxylic acids is 2. The summed E-state index contributed by atoms with van der Waals surface area (Å²) in [5.41, 5.74) is -1.06. The number of urea groups is 1. The largest absolute Gasteiger partial charge is 0.386 e. The molecule has 0 aromatic rings. The number of imide groups is 1. The first kappa shape index (κ1) is 9.42. The van der Waals surface area contributed by atoms with Crippen LogP contribution in [0.25, 0.3) is 0 Å². The Balaban J connectivity index is 2.02. The molecular weight excluding hydrogens is 188 g/mol. The number of hydrogen-bond donors (Lipinski definition) is 2. The fourth-order valence-electron chi connectivity index (χ4n) is 1.63. The maximum Gasteiger partial charge on any atom is 0.324 e. The first-order valence-corrected chi connectivity index (χ1v) is 4.49. The molecule has 2 fully saturated rings. The van der Waals surface area contributed by atoms with Gasteiger partial charge in [-0.25, -0.2) is 4.79 Å². The maximum atomic E-state index is 11.2. The third kappa shape index (κ3) is 1.58. The lowest BCUT2D eigenvalue weighted by molar-refractivity contribution is -0.127. The van der Waals surface area contributed by atoms with Gasteiger partial charge in [0, 0.05) is 13.0 Å². The van der Waals surface area contributed by atoms with Crippen LogP contribution in [-0.4, -0.2) is 53.8 Å².